The molecule has 2 aliphatic carbocycles. The van der Waals surface area contributed by atoms with E-state index < -0.39 is 48.3 Å². The predicted octanol–water partition coefficient (Wildman–Crippen LogP) is 4.24. The molecule has 25 heavy (non-hydrogen) atoms. The number of fused-ring (bicyclic) bond motifs is 2. The average Bonchev–Trinajstić information content (AvgIpc) is 3.03. The van der Waals surface area contributed by atoms with Crippen LogP contribution in [0.15, 0.2) is 0 Å². The maximum atomic E-state index is 12.8. The largest absolute Gasteiger partial charge is 0.462 e. The molecule has 146 valence electrons. The quantitative estimate of drug-likeness (QED) is 0.577. The maximum Gasteiger partial charge on any atom is 0.426 e. The van der Waals surface area contributed by atoms with Crippen LogP contribution < -0.4 is 0 Å². The number of rotatable bonds is 5. The lowest BCUT2D eigenvalue weighted by atomic mass is 9.79. The second kappa shape index (κ2) is 6.63. The van der Waals surface area contributed by atoms with E-state index in [0.717, 1.165) is 0 Å². The molecule has 0 aromatic rings. The van der Waals surface area contributed by atoms with Crippen molar-refractivity contribution in [2.75, 3.05) is 0 Å². The minimum atomic E-state index is -5.78. The highest BCUT2D eigenvalue weighted by Crippen LogP contribution is 2.56. The summed E-state index contributed by atoms with van der Waals surface area (Å²) in [7, 11) is 0. The van der Waals surface area contributed by atoms with E-state index in [4.69, 9.17) is 4.74 Å². The lowest BCUT2D eigenvalue weighted by molar-refractivity contribution is -0.373. The summed E-state index contributed by atoms with van der Waals surface area (Å²) in [4.78, 5) is 11.8. The van der Waals surface area contributed by atoms with Gasteiger partial charge in [-0.2, -0.15) is 26.3 Å². The number of hydrogen-bond acceptors (Lipinski definition) is 3. The van der Waals surface area contributed by atoms with Gasteiger partial charge in [0.15, 0.2) is 0 Å². The average molecular weight is 376 g/mol. The second-order valence-electron chi connectivity index (χ2n) is 7.33. The predicted molar refractivity (Wildman–Crippen MR) is 75.3 cm³/mol. The summed E-state index contributed by atoms with van der Waals surface area (Å²) in [6.07, 6.45) is -12.0. The van der Waals surface area contributed by atoms with Crippen molar-refractivity contribution in [3.63, 3.8) is 0 Å². The highest BCUT2D eigenvalue weighted by atomic mass is 19.4. The molecule has 2 rings (SSSR count). The Kier molecular flexibility index (Phi) is 5.39. The molecule has 0 heterocycles. The van der Waals surface area contributed by atoms with E-state index in [1.807, 2.05) is 6.92 Å². The molecular formula is C16H22F6O3. The lowest BCUT2D eigenvalue weighted by Crippen LogP contribution is -2.58. The van der Waals surface area contributed by atoms with E-state index in [0.29, 0.717) is 12.8 Å². The summed E-state index contributed by atoms with van der Waals surface area (Å²) in [5.74, 6) is -2.23. The van der Waals surface area contributed by atoms with Crippen LogP contribution in [-0.4, -0.2) is 35.1 Å². The van der Waals surface area contributed by atoms with E-state index >= 15 is 0 Å². The molecule has 0 radical (unpaired) electrons. The Balaban J connectivity index is 2.02. The van der Waals surface area contributed by atoms with E-state index in [1.54, 1.807) is 6.92 Å². The molecule has 5 atom stereocenters. The van der Waals surface area contributed by atoms with Crippen molar-refractivity contribution in [2.45, 2.75) is 70.0 Å². The summed E-state index contributed by atoms with van der Waals surface area (Å²) < 4.78 is 82.4. The van der Waals surface area contributed by atoms with Gasteiger partial charge in [0, 0.05) is 0 Å². The number of ether oxygens (including phenoxy) is 1. The Bertz CT molecular complexity index is 487. The summed E-state index contributed by atoms with van der Waals surface area (Å²) in [6, 6.07) is 0. The number of alkyl halides is 6. The summed E-state index contributed by atoms with van der Waals surface area (Å²) in [5, 5.41) is 9.35. The number of carbonyl (C=O) groups excluding carboxylic acids is 1. The van der Waals surface area contributed by atoms with Crippen LogP contribution in [0.5, 0.6) is 0 Å². The minimum Gasteiger partial charge on any atom is -0.462 e. The number of aliphatic hydroxyl groups is 1. The number of esters is 1. The lowest BCUT2D eigenvalue weighted by Gasteiger charge is -2.37. The number of carbonyl (C=O) groups is 1. The molecule has 0 aromatic carbocycles. The zero-order valence-electron chi connectivity index (χ0n) is 14.0. The molecule has 2 saturated carbocycles. The van der Waals surface area contributed by atoms with Crippen LogP contribution in [0.1, 0.15) is 46.0 Å². The van der Waals surface area contributed by atoms with Gasteiger partial charge in [-0.1, -0.05) is 13.8 Å². The molecule has 2 bridgehead atoms. The molecular weight excluding hydrogens is 354 g/mol. The third-order valence-electron chi connectivity index (χ3n) is 5.72. The van der Waals surface area contributed by atoms with Crippen LogP contribution in [0.2, 0.25) is 0 Å². The van der Waals surface area contributed by atoms with Crippen molar-refractivity contribution in [1.29, 1.82) is 0 Å². The molecule has 0 saturated heterocycles. The summed E-state index contributed by atoms with van der Waals surface area (Å²) >= 11 is 0. The van der Waals surface area contributed by atoms with Crippen LogP contribution in [0.4, 0.5) is 26.3 Å². The highest BCUT2D eigenvalue weighted by Gasteiger charge is 2.71. The maximum absolute atomic E-state index is 12.8. The standard InChI is InChI=1S/C16H22F6O3/c1-3-8(2)13(23)25-12-6-9-4-10(12)5-11(9)7-14(24,15(17,18)19)16(20,21)22/h8-12,24H,3-7H2,1-2H3. The van der Waals surface area contributed by atoms with Crippen molar-refractivity contribution >= 4 is 5.97 Å². The minimum absolute atomic E-state index is 0.0948. The van der Waals surface area contributed by atoms with Crippen molar-refractivity contribution < 1.29 is 41.0 Å². The Morgan fingerprint density at radius 2 is 1.64 bits per heavy atom. The monoisotopic (exact) mass is 376 g/mol. The van der Waals surface area contributed by atoms with Crippen molar-refractivity contribution in [3.8, 4) is 0 Å². The number of hydrogen-bond donors (Lipinski definition) is 1. The van der Waals surface area contributed by atoms with E-state index in [9.17, 15) is 36.2 Å². The van der Waals surface area contributed by atoms with Gasteiger partial charge < -0.3 is 9.84 Å². The molecule has 0 spiro atoms. The first-order valence-corrected chi connectivity index (χ1v) is 8.36. The molecule has 0 amide bonds. The van der Waals surface area contributed by atoms with Gasteiger partial charge >= 0.3 is 18.3 Å². The van der Waals surface area contributed by atoms with Crippen molar-refractivity contribution in [3.05, 3.63) is 0 Å². The molecule has 1 N–H and O–H groups in total. The SMILES string of the molecule is CCC(C)C(=O)OC1CC2CC1CC2CC(O)(C(F)(F)F)C(F)(F)F. The van der Waals surface area contributed by atoms with Crippen molar-refractivity contribution in [1.82, 2.24) is 0 Å². The Morgan fingerprint density at radius 1 is 1.08 bits per heavy atom. The van der Waals surface area contributed by atoms with Gasteiger partial charge in [0.05, 0.1) is 5.92 Å². The Hall–Kier alpha value is -0.990. The van der Waals surface area contributed by atoms with Gasteiger partial charge in [-0.05, 0) is 49.9 Å². The molecule has 0 aliphatic heterocycles. The van der Waals surface area contributed by atoms with Gasteiger partial charge in [-0.3, -0.25) is 4.79 Å². The topological polar surface area (TPSA) is 46.5 Å². The third kappa shape index (κ3) is 3.75. The van der Waals surface area contributed by atoms with Gasteiger partial charge in [0.25, 0.3) is 5.60 Å². The molecule has 2 fully saturated rings. The first-order chi connectivity index (χ1) is 11.3. The first kappa shape index (κ1) is 20.3. The van der Waals surface area contributed by atoms with Gasteiger partial charge in [0.1, 0.15) is 6.10 Å². The van der Waals surface area contributed by atoms with Crippen LogP contribution in [0.3, 0.4) is 0 Å². The second-order valence-corrected chi connectivity index (χ2v) is 7.33. The van der Waals surface area contributed by atoms with E-state index in [-0.39, 0.29) is 24.7 Å². The van der Waals surface area contributed by atoms with Gasteiger partial charge in [-0.25, -0.2) is 0 Å². The third-order valence-corrected chi connectivity index (χ3v) is 5.72. The summed E-state index contributed by atoms with van der Waals surface area (Å²) in [6.45, 7) is 3.52. The highest BCUT2D eigenvalue weighted by molar-refractivity contribution is 5.72. The van der Waals surface area contributed by atoms with Crippen LogP contribution >= 0.6 is 0 Å². The summed E-state index contributed by atoms with van der Waals surface area (Å²) in [5.41, 5.74) is -4.70. The fourth-order valence-electron chi connectivity index (χ4n) is 3.94. The Labute approximate surface area is 141 Å². The zero-order chi connectivity index (χ0) is 19.2. The van der Waals surface area contributed by atoms with E-state index in [2.05, 4.69) is 0 Å². The smallest absolute Gasteiger partial charge is 0.426 e. The van der Waals surface area contributed by atoms with Crippen LogP contribution in [-0.2, 0) is 9.53 Å². The molecule has 9 heteroatoms. The molecule has 0 aromatic heterocycles. The van der Waals surface area contributed by atoms with Gasteiger partial charge in [-0.15, -0.1) is 0 Å². The fourth-order valence-corrected chi connectivity index (χ4v) is 3.94. The van der Waals surface area contributed by atoms with Crippen molar-refractivity contribution in [2.24, 2.45) is 23.7 Å². The first-order valence-electron chi connectivity index (χ1n) is 8.36. The molecule has 3 nitrogen and oxygen atoms in total. The van der Waals surface area contributed by atoms with Crippen LogP contribution in [0, 0.1) is 23.7 Å². The van der Waals surface area contributed by atoms with Crippen LogP contribution in [0.25, 0.3) is 0 Å². The molecule has 2 aliphatic rings. The molecule has 5 unspecified atom stereocenters. The van der Waals surface area contributed by atoms with E-state index in [1.165, 1.54) is 0 Å². The van der Waals surface area contributed by atoms with Gasteiger partial charge in [0.2, 0.25) is 0 Å². The zero-order valence-corrected chi connectivity index (χ0v) is 14.0. The number of halogens is 6. The normalized spacial score (nSPS) is 31.2. The Morgan fingerprint density at radius 3 is 2.04 bits per heavy atom. The fraction of sp³-hybridized carbons (Fsp3) is 0.938.